The molecule has 0 aliphatic heterocycles. The van der Waals surface area contributed by atoms with E-state index in [4.69, 9.17) is 9.59 Å². The molecule has 0 aromatic carbocycles. The standard InChI is InChI=1S/2CO.ClH.Rh/c2*1-2;;/h;;1H;. The van der Waals surface area contributed by atoms with Gasteiger partial charge in [0.05, 0.1) is 0 Å². The SMILES string of the molecule is Cl.O=[C]=[Rh]=[C]=O. The van der Waals surface area contributed by atoms with Crippen molar-refractivity contribution < 1.29 is 25.8 Å². The number of halogens is 1. The van der Waals surface area contributed by atoms with Gasteiger partial charge in [0.1, 0.15) is 0 Å². The summed E-state index contributed by atoms with van der Waals surface area (Å²) < 4.78 is 2.83. The van der Waals surface area contributed by atoms with Gasteiger partial charge in [0.15, 0.2) is 0 Å². The van der Waals surface area contributed by atoms with Crippen LogP contribution in [0.15, 0.2) is 0 Å². The van der Waals surface area contributed by atoms with Gasteiger partial charge in [-0.05, 0) is 0 Å². The van der Waals surface area contributed by atoms with Crippen molar-refractivity contribution in [3.63, 3.8) is 0 Å². The van der Waals surface area contributed by atoms with E-state index in [9.17, 15) is 0 Å². The van der Waals surface area contributed by atoms with Crippen LogP contribution in [0.2, 0.25) is 0 Å². The number of hydrogen-bond acceptors (Lipinski definition) is 2. The molecule has 0 saturated heterocycles. The number of hydrogen-bond donors (Lipinski definition) is 0. The van der Waals surface area contributed by atoms with Crippen molar-refractivity contribution in [3.8, 4) is 0 Å². The van der Waals surface area contributed by atoms with E-state index in [1.165, 1.54) is 8.95 Å². The monoisotopic (exact) mass is 195 g/mol. The molecule has 2 nitrogen and oxygen atoms in total. The summed E-state index contributed by atoms with van der Waals surface area (Å²) in [6.07, 6.45) is 0. The van der Waals surface area contributed by atoms with Crippen molar-refractivity contribution in [2.75, 3.05) is 0 Å². The van der Waals surface area contributed by atoms with Crippen molar-refractivity contribution in [2.45, 2.75) is 0 Å². The van der Waals surface area contributed by atoms with Gasteiger partial charge in [0.25, 0.3) is 0 Å². The molecule has 0 fully saturated rings. The number of rotatable bonds is 0. The van der Waals surface area contributed by atoms with Crippen LogP contribution in [0.1, 0.15) is 0 Å². The van der Waals surface area contributed by atoms with E-state index < -0.39 is 16.2 Å². The van der Waals surface area contributed by atoms with Crippen LogP contribution in [0, 0.1) is 0 Å². The van der Waals surface area contributed by atoms with Gasteiger partial charge in [-0.1, -0.05) is 0 Å². The van der Waals surface area contributed by atoms with Crippen LogP contribution in [0.3, 0.4) is 0 Å². The molecule has 0 N–H and O–H groups in total. The van der Waals surface area contributed by atoms with E-state index in [1.54, 1.807) is 0 Å². The van der Waals surface area contributed by atoms with E-state index in [0.717, 1.165) is 0 Å². The van der Waals surface area contributed by atoms with Crippen LogP contribution in [0.4, 0.5) is 0 Å². The van der Waals surface area contributed by atoms with Gasteiger partial charge in [-0.3, -0.25) is 0 Å². The minimum absolute atomic E-state index is 0. The Balaban J connectivity index is 0. The number of carbonyl (C=O) groups excluding carboxylic acids is 2. The van der Waals surface area contributed by atoms with Gasteiger partial charge in [0.2, 0.25) is 0 Å². The second-order valence-electron chi connectivity index (χ2n) is 0.219. The minimum atomic E-state index is -0.704. The first-order valence-electron chi connectivity index (χ1n) is 0.742. The predicted molar refractivity (Wildman–Crippen MR) is 18.6 cm³/mol. The Hall–Kier alpha value is 0.0734. The fraction of sp³-hybridized carbons (Fsp3) is 0. The molecule has 0 aromatic rings. The first-order valence-corrected chi connectivity index (χ1v) is 2.38. The van der Waals surface area contributed by atoms with Gasteiger partial charge in [-0.2, -0.15) is 0 Å². The summed E-state index contributed by atoms with van der Waals surface area (Å²) >= 11 is -0.704. The molecule has 6 heavy (non-hydrogen) atoms. The van der Waals surface area contributed by atoms with Gasteiger partial charge in [-0.15, -0.1) is 12.4 Å². The first kappa shape index (κ1) is 9.42. The maximum absolute atomic E-state index is 9.05. The molecule has 0 bridgehead atoms. The zero-order valence-electron chi connectivity index (χ0n) is 2.56. The Morgan fingerprint density at radius 3 is 1.50 bits per heavy atom. The molecule has 0 unspecified atom stereocenters. The van der Waals surface area contributed by atoms with Crippen molar-refractivity contribution in [1.82, 2.24) is 0 Å². The summed E-state index contributed by atoms with van der Waals surface area (Å²) in [5.41, 5.74) is 0. The van der Waals surface area contributed by atoms with Crippen molar-refractivity contribution >= 4 is 21.4 Å². The van der Waals surface area contributed by atoms with Crippen LogP contribution in [0.25, 0.3) is 0 Å². The molecule has 37 valence electrons. The molecular weight excluding hydrogens is 194 g/mol. The molecule has 0 amide bonds. The van der Waals surface area contributed by atoms with E-state index in [-0.39, 0.29) is 12.4 Å². The third-order valence-electron chi connectivity index (χ3n) is 0.0680. The molecule has 0 atom stereocenters. The fourth-order valence-electron chi connectivity index (χ4n) is 0.0139. The Morgan fingerprint density at radius 1 is 1.17 bits per heavy atom. The van der Waals surface area contributed by atoms with Gasteiger partial charge >= 0.3 is 34.8 Å². The van der Waals surface area contributed by atoms with Crippen LogP contribution < -0.4 is 0 Å². The second-order valence-corrected chi connectivity index (χ2v) is 1.30. The Kier molecular flexibility index (Phi) is 14.0. The zero-order valence-corrected chi connectivity index (χ0v) is 5.01. The molecule has 0 spiro atoms. The molecule has 0 heterocycles. The molecule has 0 radical (unpaired) electrons. The summed E-state index contributed by atoms with van der Waals surface area (Å²) in [4.78, 5) is 18.1. The summed E-state index contributed by atoms with van der Waals surface area (Å²) in [6, 6.07) is 0. The average Bonchev–Trinajstić information content (AvgIpc) is 1.41. The van der Waals surface area contributed by atoms with Gasteiger partial charge < -0.3 is 0 Å². The molecule has 0 saturated carbocycles. The third kappa shape index (κ3) is 8.95. The molecule has 0 aliphatic carbocycles. The quantitative estimate of drug-likeness (QED) is 0.494. The van der Waals surface area contributed by atoms with Crippen molar-refractivity contribution in [2.24, 2.45) is 0 Å². The maximum atomic E-state index is 9.05. The van der Waals surface area contributed by atoms with Gasteiger partial charge in [-0.25, -0.2) is 0 Å². The molecule has 0 aromatic heterocycles. The average molecular weight is 195 g/mol. The van der Waals surface area contributed by atoms with Crippen molar-refractivity contribution in [3.05, 3.63) is 0 Å². The van der Waals surface area contributed by atoms with Crippen LogP contribution in [-0.2, 0) is 25.8 Å². The topological polar surface area (TPSA) is 34.1 Å². The fourth-order valence-corrected chi connectivity index (χ4v) is 0.0822. The molecule has 4 heteroatoms. The third-order valence-corrected chi connectivity index (χ3v) is 0.403. The van der Waals surface area contributed by atoms with Crippen LogP contribution in [-0.4, -0.2) is 8.95 Å². The first-order chi connectivity index (χ1) is 2.41. The molecule has 0 aliphatic rings. The van der Waals surface area contributed by atoms with E-state index in [1.807, 2.05) is 0 Å². The Bertz CT molecular complexity index is 104. The summed E-state index contributed by atoms with van der Waals surface area (Å²) in [6.45, 7) is 0. The summed E-state index contributed by atoms with van der Waals surface area (Å²) in [5.74, 6) is 0. The molecule has 0 rings (SSSR count). The van der Waals surface area contributed by atoms with Crippen LogP contribution >= 0.6 is 12.4 Å². The summed E-state index contributed by atoms with van der Waals surface area (Å²) in [5, 5.41) is 0. The van der Waals surface area contributed by atoms with E-state index in [0.29, 0.717) is 0 Å². The van der Waals surface area contributed by atoms with E-state index >= 15 is 0 Å². The van der Waals surface area contributed by atoms with Crippen LogP contribution in [0.5, 0.6) is 0 Å². The van der Waals surface area contributed by atoms with E-state index in [2.05, 4.69) is 0 Å². The summed E-state index contributed by atoms with van der Waals surface area (Å²) in [7, 11) is 0. The predicted octanol–water partition coefficient (Wildman–Crippen LogP) is -0.375. The zero-order chi connectivity index (χ0) is 4.12. The normalized spacial score (nSPS) is 4.00. The van der Waals surface area contributed by atoms with Crippen molar-refractivity contribution in [1.29, 1.82) is 0 Å². The second kappa shape index (κ2) is 8.91. The molecular formula is C2HClO2Rh. The Morgan fingerprint density at radius 2 is 1.50 bits per heavy atom. The van der Waals surface area contributed by atoms with Gasteiger partial charge in [0, 0.05) is 0 Å². The Labute approximate surface area is 47.6 Å².